The molecule has 0 aromatic rings. The molecule has 0 rings (SSSR count). The Labute approximate surface area is 56.9 Å². The highest BCUT2D eigenvalue weighted by Gasteiger charge is 1.64. The standard InChI is InChI=1S/C9H12/c1-8(2)6-5-7-9(3)4/h1-4H3. The van der Waals surface area contributed by atoms with Crippen molar-refractivity contribution >= 4 is 0 Å². The number of hydrogen-bond acceptors (Lipinski definition) is 0. The minimum Gasteiger partial charge on any atom is -0.0629 e. The lowest BCUT2D eigenvalue weighted by Gasteiger charge is -1.70. The van der Waals surface area contributed by atoms with Crippen LogP contribution in [0.5, 0.6) is 0 Å². The Balaban J connectivity index is 4.72. The van der Waals surface area contributed by atoms with E-state index in [0.29, 0.717) is 0 Å². The predicted molar refractivity (Wildman–Crippen MR) is 40.3 cm³/mol. The van der Waals surface area contributed by atoms with Gasteiger partial charge in [-0.25, -0.2) is 0 Å². The number of allylic oxidation sites excluding steroid dienone is 2. The van der Waals surface area contributed by atoms with Gasteiger partial charge in [-0.15, -0.1) is 0 Å². The zero-order valence-electron chi connectivity index (χ0n) is 6.50. The first-order valence-corrected chi connectivity index (χ1v) is 3.00. The molecular formula is C9H12. The van der Waals surface area contributed by atoms with Crippen molar-refractivity contribution in [3.8, 4) is 0 Å². The minimum absolute atomic E-state index is 1.13. The highest BCUT2D eigenvalue weighted by molar-refractivity contribution is 4.98. The quantitative estimate of drug-likeness (QED) is 0.431. The molecule has 0 bridgehead atoms. The molecule has 0 heteroatoms. The lowest BCUT2D eigenvalue weighted by atomic mass is 10.3. The van der Waals surface area contributed by atoms with Crippen LogP contribution in [0.25, 0.3) is 0 Å². The van der Waals surface area contributed by atoms with E-state index in [1.54, 1.807) is 0 Å². The highest BCUT2D eigenvalue weighted by atomic mass is 13.7. The second-order valence-electron chi connectivity index (χ2n) is 2.38. The van der Waals surface area contributed by atoms with Gasteiger partial charge in [-0.3, -0.25) is 0 Å². The molecule has 0 aliphatic carbocycles. The van der Waals surface area contributed by atoms with Gasteiger partial charge in [-0.1, -0.05) is 11.5 Å². The van der Waals surface area contributed by atoms with Gasteiger partial charge in [-0.05, 0) is 44.6 Å². The summed E-state index contributed by atoms with van der Waals surface area (Å²) in [6.45, 7) is 7.94. The van der Waals surface area contributed by atoms with Gasteiger partial charge in [0.1, 0.15) is 0 Å². The third-order valence-electron chi connectivity index (χ3n) is 0.625. The fraction of sp³-hybridized carbons (Fsp3) is 0.444. The van der Waals surface area contributed by atoms with Gasteiger partial charge in [0.2, 0.25) is 0 Å². The van der Waals surface area contributed by atoms with Gasteiger partial charge >= 0.3 is 0 Å². The van der Waals surface area contributed by atoms with Crippen molar-refractivity contribution in [3.05, 3.63) is 28.3 Å². The van der Waals surface area contributed by atoms with E-state index in [1.165, 1.54) is 0 Å². The maximum absolute atomic E-state index is 2.91. The van der Waals surface area contributed by atoms with Crippen LogP contribution in [0.2, 0.25) is 0 Å². The van der Waals surface area contributed by atoms with Crippen LogP contribution in [0, 0.1) is 0 Å². The number of hydrogen-bond donors (Lipinski definition) is 0. The fourth-order valence-electron chi connectivity index (χ4n) is 0.281. The maximum Gasteiger partial charge on any atom is -0.0191 e. The molecule has 0 amide bonds. The summed E-state index contributed by atoms with van der Waals surface area (Å²) >= 11 is 0. The first-order chi connectivity index (χ1) is 4.13. The molecule has 48 valence electrons. The molecular weight excluding hydrogens is 108 g/mol. The third-order valence-corrected chi connectivity index (χ3v) is 0.625. The van der Waals surface area contributed by atoms with Gasteiger partial charge in [0.05, 0.1) is 0 Å². The number of rotatable bonds is 0. The summed E-state index contributed by atoms with van der Waals surface area (Å²) in [5.41, 5.74) is 10.9. The molecule has 0 heterocycles. The Kier molecular flexibility index (Phi) is 3.60. The van der Waals surface area contributed by atoms with E-state index in [1.807, 2.05) is 27.7 Å². The largest absolute Gasteiger partial charge is 0.0629 e. The monoisotopic (exact) mass is 120 g/mol. The van der Waals surface area contributed by atoms with E-state index in [0.717, 1.165) is 11.1 Å². The summed E-state index contributed by atoms with van der Waals surface area (Å²) < 4.78 is 0. The van der Waals surface area contributed by atoms with Crippen molar-refractivity contribution in [2.24, 2.45) is 0 Å². The molecule has 0 atom stereocenters. The van der Waals surface area contributed by atoms with Crippen LogP contribution in [0.15, 0.2) is 28.3 Å². The summed E-state index contributed by atoms with van der Waals surface area (Å²) in [7, 11) is 0. The van der Waals surface area contributed by atoms with Crippen LogP contribution in [-0.4, -0.2) is 0 Å². The van der Waals surface area contributed by atoms with Crippen LogP contribution in [0.1, 0.15) is 27.7 Å². The molecule has 0 nitrogen and oxygen atoms in total. The summed E-state index contributed by atoms with van der Waals surface area (Å²) in [4.78, 5) is 0. The van der Waals surface area contributed by atoms with Crippen LogP contribution in [0.3, 0.4) is 0 Å². The minimum atomic E-state index is 1.13. The van der Waals surface area contributed by atoms with Crippen molar-refractivity contribution in [2.45, 2.75) is 27.7 Å². The van der Waals surface area contributed by atoms with Crippen LogP contribution < -0.4 is 0 Å². The van der Waals surface area contributed by atoms with Gasteiger partial charge < -0.3 is 0 Å². The van der Waals surface area contributed by atoms with Crippen molar-refractivity contribution in [1.82, 2.24) is 0 Å². The summed E-state index contributed by atoms with van der Waals surface area (Å²) in [5.74, 6) is 0. The van der Waals surface area contributed by atoms with Crippen LogP contribution in [0.4, 0.5) is 0 Å². The van der Waals surface area contributed by atoms with Crippen molar-refractivity contribution in [2.75, 3.05) is 0 Å². The molecule has 0 radical (unpaired) electrons. The van der Waals surface area contributed by atoms with E-state index in [-0.39, 0.29) is 0 Å². The zero-order chi connectivity index (χ0) is 7.28. The van der Waals surface area contributed by atoms with Crippen molar-refractivity contribution in [3.63, 3.8) is 0 Å². The molecule has 0 spiro atoms. The van der Waals surface area contributed by atoms with Crippen LogP contribution >= 0.6 is 0 Å². The third kappa shape index (κ3) is 7.08. The second-order valence-corrected chi connectivity index (χ2v) is 2.38. The molecule has 0 aromatic carbocycles. The fourth-order valence-corrected chi connectivity index (χ4v) is 0.281. The summed E-state index contributed by atoms with van der Waals surface area (Å²) in [6.07, 6.45) is 0. The van der Waals surface area contributed by atoms with E-state index < -0.39 is 0 Å². The Morgan fingerprint density at radius 2 is 1.11 bits per heavy atom. The first-order valence-electron chi connectivity index (χ1n) is 3.00. The SMILES string of the molecule is CC(C)=C=C=C=C(C)C. The first kappa shape index (κ1) is 8.08. The van der Waals surface area contributed by atoms with E-state index >= 15 is 0 Å². The molecule has 0 aromatic heterocycles. The Hall–Kier alpha value is -0.920. The van der Waals surface area contributed by atoms with E-state index in [9.17, 15) is 0 Å². The molecule has 9 heavy (non-hydrogen) atoms. The van der Waals surface area contributed by atoms with Gasteiger partial charge in [0.15, 0.2) is 0 Å². The molecule has 0 saturated heterocycles. The smallest absolute Gasteiger partial charge is 0.0191 e. The lowest BCUT2D eigenvalue weighted by Crippen LogP contribution is -1.51. The molecule has 0 aliphatic rings. The maximum atomic E-state index is 2.91. The lowest BCUT2D eigenvalue weighted by molar-refractivity contribution is 1.40. The molecule has 0 N–H and O–H groups in total. The Bertz CT molecular complexity index is 182. The van der Waals surface area contributed by atoms with Gasteiger partial charge in [0, 0.05) is 0 Å². The van der Waals surface area contributed by atoms with E-state index in [4.69, 9.17) is 0 Å². The van der Waals surface area contributed by atoms with Crippen molar-refractivity contribution in [1.29, 1.82) is 0 Å². The molecule has 0 aliphatic heterocycles. The summed E-state index contributed by atoms with van der Waals surface area (Å²) in [5, 5.41) is 0. The zero-order valence-corrected chi connectivity index (χ0v) is 6.50. The Morgan fingerprint density at radius 1 is 0.778 bits per heavy atom. The van der Waals surface area contributed by atoms with Crippen molar-refractivity contribution < 1.29 is 0 Å². The molecule has 0 fully saturated rings. The predicted octanol–water partition coefficient (Wildman–Crippen LogP) is 2.83. The average Bonchev–Trinajstić information content (AvgIpc) is 1.63. The molecule has 0 saturated carbocycles. The van der Waals surface area contributed by atoms with E-state index in [2.05, 4.69) is 17.2 Å². The second kappa shape index (κ2) is 4.01. The normalized spacial score (nSPS) is 6.67. The van der Waals surface area contributed by atoms with Gasteiger partial charge in [-0.2, -0.15) is 0 Å². The topological polar surface area (TPSA) is 0 Å². The highest BCUT2D eigenvalue weighted by Crippen LogP contribution is 1.82. The Morgan fingerprint density at radius 3 is 1.33 bits per heavy atom. The molecule has 0 unspecified atom stereocenters. The van der Waals surface area contributed by atoms with Crippen LogP contribution in [-0.2, 0) is 0 Å². The average molecular weight is 120 g/mol. The van der Waals surface area contributed by atoms with Gasteiger partial charge in [0.25, 0.3) is 0 Å². The summed E-state index contributed by atoms with van der Waals surface area (Å²) in [6, 6.07) is 0.